The molecule has 18 heavy (non-hydrogen) atoms. The van der Waals surface area contributed by atoms with Crippen molar-refractivity contribution in [1.82, 2.24) is 5.32 Å². The second-order valence-corrected chi connectivity index (χ2v) is 3.93. The molecule has 0 unspecified atom stereocenters. The van der Waals surface area contributed by atoms with Crippen LogP contribution in [0.25, 0.3) is 0 Å². The van der Waals surface area contributed by atoms with Crippen molar-refractivity contribution >= 4 is 11.6 Å². The largest absolute Gasteiger partial charge is 0.399 e. The molecule has 0 bridgehead atoms. The lowest BCUT2D eigenvalue weighted by molar-refractivity contribution is -0.121. The lowest BCUT2D eigenvalue weighted by Crippen LogP contribution is -2.27. The van der Waals surface area contributed by atoms with E-state index in [9.17, 15) is 4.79 Å². The Balaban J connectivity index is 2.11. The topological polar surface area (TPSA) is 84.6 Å². The first-order valence-electron chi connectivity index (χ1n) is 6.02. The maximum absolute atomic E-state index is 11.5. The van der Waals surface area contributed by atoms with Crippen LogP contribution < -0.4 is 11.1 Å². The zero-order chi connectivity index (χ0) is 13.2. The number of aryl methyl sites for hydroxylation is 1. The minimum Gasteiger partial charge on any atom is -0.399 e. The Labute approximate surface area is 107 Å². The van der Waals surface area contributed by atoms with Crippen molar-refractivity contribution in [1.29, 1.82) is 0 Å². The third-order valence-corrected chi connectivity index (χ3v) is 2.42. The first-order valence-corrected chi connectivity index (χ1v) is 6.02. The fraction of sp³-hybridized carbons (Fsp3) is 0.462. The number of carbonyl (C=O) groups is 1. The zero-order valence-corrected chi connectivity index (χ0v) is 10.4. The third-order valence-electron chi connectivity index (χ3n) is 2.42. The first kappa shape index (κ1) is 14.5. The molecular weight excluding hydrogens is 232 g/mol. The Bertz CT molecular complexity index is 352. The van der Waals surface area contributed by atoms with Gasteiger partial charge in [0.1, 0.15) is 0 Å². The number of nitrogens with two attached hydrogens (primary N) is 1. The maximum atomic E-state index is 11.5. The summed E-state index contributed by atoms with van der Waals surface area (Å²) < 4.78 is 5.03. The Morgan fingerprint density at radius 2 is 2.00 bits per heavy atom. The summed E-state index contributed by atoms with van der Waals surface area (Å²) >= 11 is 0. The summed E-state index contributed by atoms with van der Waals surface area (Å²) in [6, 6.07) is 7.51. The van der Waals surface area contributed by atoms with E-state index in [-0.39, 0.29) is 12.5 Å². The molecule has 0 heterocycles. The molecule has 5 heteroatoms. The van der Waals surface area contributed by atoms with Gasteiger partial charge in [-0.05, 0) is 24.1 Å². The van der Waals surface area contributed by atoms with Crippen LogP contribution in [0.3, 0.4) is 0 Å². The Morgan fingerprint density at radius 3 is 2.67 bits per heavy atom. The van der Waals surface area contributed by atoms with Crippen LogP contribution in [0, 0.1) is 0 Å². The predicted molar refractivity (Wildman–Crippen MR) is 70.1 cm³/mol. The van der Waals surface area contributed by atoms with Crippen molar-refractivity contribution in [3.05, 3.63) is 29.8 Å². The molecule has 1 amide bonds. The Morgan fingerprint density at radius 1 is 1.28 bits per heavy atom. The number of benzene rings is 1. The lowest BCUT2D eigenvalue weighted by Gasteiger charge is -2.06. The summed E-state index contributed by atoms with van der Waals surface area (Å²) in [5.74, 6) is -0.000534. The summed E-state index contributed by atoms with van der Waals surface area (Å²) in [4.78, 5) is 11.5. The molecule has 0 saturated heterocycles. The highest BCUT2D eigenvalue weighted by Gasteiger charge is 2.01. The van der Waals surface area contributed by atoms with E-state index < -0.39 is 0 Å². The molecule has 1 aromatic rings. The number of hydrogen-bond donors (Lipinski definition) is 3. The van der Waals surface area contributed by atoms with E-state index in [0.29, 0.717) is 32.6 Å². The van der Waals surface area contributed by atoms with Crippen molar-refractivity contribution in [2.45, 2.75) is 12.8 Å². The maximum Gasteiger partial charge on any atom is 0.220 e. The number of hydrogen-bond acceptors (Lipinski definition) is 4. The minimum atomic E-state index is -0.000534. The van der Waals surface area contributed by atoms with Gasteiger partial charge >= 0.3 is 0 Å². The summed E-state index contributed by atoms with van der Waals surface area (Å²) in [7, 11) is 0. The Hall–Kier alpha value is -1.59. The SMILES string of the molecule is Nc1ccc(CCC(=O)NCCOCCO)cc1. The Kier molecular flexibility index (Phi) is 6.83. The highest BCUT2D eigenvalue weighted by molar-refractivity contribution is 5.76. The molecule has 0 aromatic heterocycles. The van der Waals surface area contributed by atoms with Gasteiger partial charge in [-0.15, -0.1) is 0 Å². The van der Waals surface area contributed by atoms with Crippen LogP contribution in [0.2, 0.25) is 0 Å². The number of amides is 1. The van der Waals surface area contributed by atoms with Gasteiger partial charge in [0.15, 0.2) is 0 Å². The second-order valence-electron chi connectivity index (χ2n) is 3.93. The molecule has 0 spiro atoms. The van der Waals surface area contributed by atoms with E-state index in [2.05, 4.69) is 5.32 Å². The summed E-state index contributed by atoms with van der Waals surface area (Å²) in [5, 5.41) is 11.2. The summed E-state index contributed by atoms with van der Waals surface area (Å²) in [6.07, 6.45) is 1.15. The van der Waals surface area contributed by atoms with Gasteiger partial charge in [0.2, 0.25) is 5.91 Å². The third kappa shape index (κ3) is 6.22. The lowest BCUT2D eigenvalue weighted by atomic mass is 10.1. The second kappa shape index (κ2) is 8.49. The quantitative estimate of drug-likeness (QED) is 0.460. The van der Waals surface area contributed by atoms with Crippen molar-refractivity contribution in [3.63, 3.8) is 0 Å². The van der Waals surface area contributed by atoms with Crippen LogP contribution in [-0.4, -0.2) is 37.4 Å². The summed E-state index contributed by atoms with van der Waals surface area (Å²) in [6.45, 7) is 1.21. The average Bonchev–Trinajstić information content (AvgIpc) is 2.38. The molecule has 0 radical (unpaired) electrons. The molecular formula is C13H20N2O3. The molecule has 0 aliphatic carbocycles. The first-order chi connectivity index (χ1) is 8.72. The number of nitrogen functional groups attached to an aromatic ring is 1. The normalized spacial score (nSPS) is 10.3. The zero-order valence-electron chi connectivity index (χ0n) is 10.4. The van der Waals surface area contributed by atoms with Gasteiger partial charge in [-0.25, -0.2) is 0 Å². The highest BCUT2D eigenvalue weighted by atomic mass is 16.5. The molecule has 5 nitrogen and oxygen atoms in total. The van der Waals surface area contributed by atoms with E-state index in [1.54, 1.807) is 0 Å². The molecule has 0 aliphatic heterocycles. The van der Waals surface area contributed by atoms with Gasteiger partial charge in [-0.3, -0.25) is 4.79 Å². The fourth-order valence-electron chi connectivity index (χ4n) is 1.46. The van der Waals surface area contributed by atoms with Gasteiger partial charge < -0.3 is 20.9 Å². The molecule has 0 aliphatic rings. The number of carbonyl (C=O) groups excluding carboxylic acids is 1. The number of aliphatic hydroxyl groups excluding tert-OH is 1. The van der Waals surface area contributed by atoms with Crippen LogP contribution >= 0.6 is 0 Å². The smallest absolute Gasteiger partial charge is 0.220 e. The van der Waals surface area contributed by atoms with Crippen molar-refractivity contribution in [2.75, 3.05) is 32.1 Å². The fourth-order valence-corrected chi connectivity index (χ4v) is 1.46. The van der Waals surface area contributed by atoms with Gasteiger partial charge in [0, 0.05) is 18.7 Å². The molecule has 0 atom stereocenters. The number of ether oxygens (including phenoxy) is 1. The van der Waals surface area contributed by atoms with Crippen molar-refractivity contribution < 1.29 is 14.6 Å². The highest BCUT2D eigenvalue weighted by Crippen LogP contribution is 2.07. The molecule has 0 fully saturated rings. The molecule has 4 N–H and O–H groups in total. The van der Waals surface area contributed by atoms with E-state index in [1.807, 2.05) is 24.3 Å². The van der Waals surface area contributed by atoms with Gasteiger partial charge in [0.25, 0.3) is 0 Å². The molecule has 0 saturated carbocycles. The van der Waals surface area contributed by atoms with Crippen LogP contribution in [0.1, 0.15) is 12.0 Å². The monoisotopic (exact) mass is 252 g/mol. The van der Waals surface area contributed by atoms with E-state index in [4.69, 9.17) is 15.6 Å². The van der Waals surface area contributed by atoms with E-state index in [1.165, 1.54) is 0 Å². The van der Waals surface area contributed by atoms with Gasteiger partial charge in [0.05, 0.1) is 19.8 Å². The number of aliphatic hydroxyl groups is 1. The molecule has 1 aromatic carbocycles. The minimum absolute atomic E-state index is 0.000534. The van der Waals surface area contributed by atoms with Crippen LogP contribution in [-0.2, 0) is 16.0 Å². The summed E-state index contributed by atoms with van der Waals surface area (Å²) in [5.41, 5.74) is 7.40. The van der Waals surface area contributed by atoms with Gasteiger partial charge in [-0.1, -0.05) is 12.1 Å². The van der Waals surface area contributed by atoms with Crippen molar-refractivity contribution in [3.8, 4) is 0 Å². The number of nitrogens with one attached hydrogen (secondary N) is 1. The van der Waals surface area contributed by atoms with Crippen LogP contribution in [0.5, 0.6) is 0 Å². The average molecular weight is 252 g/mol. The van der Waals surface area contributed by atoms with Crippen LogP contribution in [0.15, 0.2) is 24.3 Å². The standard InChI is InChI=1S/C13H20N2O3/c14-12-4-1-11(2-5-12)3-6-13(17)15-7-9-18-10-8-16/h1-2,4-5,16H,3,6-10,14H2,(H,15,17). The molecule has 100 valence electrons. The van der Waals surface area contributed by atoms with Crippen molar-refractivity contribution in [2.24, 2.45) is 0 Å². The van der Waals surface area contributed by atoms with Gasteiger partial charge in [-0.2, -0.15) is 0 Å². The molecule has 1 rings (SSSR count). The van der Waals surface area contributed by atoms with E-state index >= 15 is 0 Å². The van der Waals surface area contributed by atoms with Crippen LogP contribution in [0.4, 0.5) is 5.69 Å². The van der Waals surface area contributed by atoms with E-state index in [0.717, 1.165) is 11.3 Å². The number of anilines is 1. The number of rotatable bonds is 8. The predicted octanol–water partition coefficient (Wildman–Crippen LogP) is 0.327.